The van der Waals surface area contributed by atoms with Crippen LogP contribution in [0.25, 0.3) is 0 Å². The lowest BCUT2D eigenvalue weighted by Crippen LogP contribution is -2.46. The third kappa shape index (κ3) is 1.90. The smallest absolute Gasteiger partial charge is 0.318 e. The maximum absolute atomic E-state index is 12.3. The Bertz CT molecular complexity index is 678. The molecule has 0 aromatic carbocycles. The van der Waals surface area contributed by atoms with Gasteiger partial charge in [0.2, 0.25) is 0 Å². The van der Waals surface area contributed by atoms with Crippen molar-refractivity contribution in [2.45, 2.75) is 25.9 Å². The van der Waals surface area contributed by atoms with Crippen LogP contribution < -0.4 is 0 Å². The highest BCUT2D eigenvalue weighted by atomic mass is 16.6. The highest BCUT2D eigenvalue weighted by Gasteiger charge is 2.61. The molecular formula is C17H18O7. The fourth-order valence-corrected chi connectivity index (χ4v) is 5.01. The molecule has 128 valence electrons. The van der Waals surface area contributed by atoms with E-state index in [2.05, 4.69) is 0 Å². The molecular weight excluding hydrogens is 316 g/mol. The van der Waals surface area contributed by atoms with E-state index in [0.29, 0.717) is 12.8 Å². The molecule has 2 heterocycles. The van der Waals surface area contributed by atoms with Gasteiger partial charge >= 0.3 is 23.9 Å². The number of carbonyl (C=O) groups excluding carboxylic acids is 4. The van der Waals surface area contributed by atoms with Gasteiger partial charge in [-0.25, -0.2) is 0 Å². The molecule has 0 radical (unpaired) electrons. The first-order chi connectivity index (χ1) is 11.4. The molecule has 24 heavy (non-hydrogen) atoms. The summed E-state index contributed by atoms with van der Waals surface area (Å²) in [7, 11) is 1.28. The highest BCUT2D eigenvalue weighted by molar-refractivity contribution is 5.97. The van der Waals surface area contributed by atoms with Crippen molar-refractivity contribution in [3.63, 3.8) is 0 Å². The minimum atomic E-state index is -0.665. The quantitative estimate of drug-likeness (QED) is 0.300. The molecule has 3 fully saturated rings. The number of hydrogen-bond acceptors (Lipinski definition) is 7. The molecule has 0 N–H and O–H groups in total. The maximum Gasteiger partial charge on any atom is 0.318 e. The molecule has 2 aliphatic heterocycles. The van der Waals surface area contributed by atoms with E-state index in [1.807, 2.05) is 6.08 Å². The van der Waals surface area contributed by atoms with E-state index < -0.39 is 47.5 Å². The van der Waals surface area contributed by atoms with Crippen molar-refractivity contribution in [3.8, 4) is 0 Å². The lowest BCUT2D eigenvalue weighted by molar-refractivity contribution is -0.157. The van der Waals surface area contributed by atoms with Gasteiger partial charge in [-0.3, -0.25) is 19.2 Å². The number of carbonyl (C=O) groups is 4. The van der Waals surface area contributed by atoms with Gasteiger partial charge in [-0.1, -0.05) is 11.6 Å². The number of cyclic esters (lactones) is 3. The van der Waals surface area contributed by atoms with Crippen LogP contribution >= 0.6 is 0 Å². The van der Waals surface area contributed by atoms with Crippen LogP contribution in [0, 0.1) is 35.5 Å². The minimum absolute atomic E-state index is 0.259. The Morgan fingerprint density at radius 2 is 1.83 bits per heavy atom. The Kier molecular flexibility index (Phi) is 3.30. The first kappa shape index (κ1) is 15.4. The van der Waals surface area contributed by atoms with Crippen molar-refractivity contribution in [3.05, 3.63) is 11.6 Å². The van der Waals surface area contributed by atoms with Gasteiger partial charge in [-0.05, 0) is 25.7 Å². The molecule has 1 saturated carbocycles. The van der Waals surface area contributed by atoms with Gasteiger partial charge < -0.3 is 14.2 Å². The number of fused-ring (bicyclic) bond motifs is 5. The van der Waals surface area contributed by atoms with Crippen LogP contribution in [0.3, 0.4) is 0 Å². The van der Waals surface area contributed by atoms with Crippen molar-refractivity contribution < 1.29 is 33.4 Å². The Morgan fingerprint density at radius 3 is 2.54 bits per heavy atom. The average Bonchev–Trinajstić information content (AvgIpc) is 3.02. The number of hydrogen-bond donors (Lipinski definition) is 0. The SMILES string of the molecule is COC(=O)[C@H]1C[C@H]2C(=CC[C@H]3C(=O)OC(=O)[C@H]32)[C@@H]2[C@H]1C(=O)O[C@H]2C. The van der Waals surface area contributed by atoms with E-state index in [-0.39, 0.29) is 17.9 Å². The summed E-state index contributed by atoms with van der Waals surface area (Å²) in [6, 6.07) is 0. The van der Waals surface area contributed by atoms with Crippen molar-refractivity contribution in [2.24, 2.45) is 35.5 Å². The van der Waals surface area contributed by atoms with Crippen molar-refractivity contribution in [1.82, 2.24) is 0 Å². The molecule has 4 rings (SSSR count). The molecule has 0 aromatic rings. The largest absolute Gasteiger partial charge is 0.469 e. The number of methoxy groups -OCH3 is 1. The van der Waals surface area contributed by atoms with Crippen LogP contribution in [0.2, 0.25) is 0 Å². The molecule has 2 saturated heterocycles. The van der Waals surface area contributed by atoms with E-state index in [1.165, 1.54) is 7.11 Å². The van der Waals surface area contributed by atoms with Crippen molar-refractivity contribution in [1.29, 1.82) is 0 Å². The van der Waals surface area contributed by atoms with E-state index in [1.54, 1.807) is 6.92 Å². The summed E-state index contributed by atoms with van der Waals surface area (Å²) in [6.07, 6.45) is 2.29. The average molecular weight is 334 g/mol. The van der Waals surface area contributed by atoms with Gasteiger partial charge in [0.25, 0.3) is 0 Å². The lowest BCUT2D eigenvalue weighted by Gasteiger charge is -2.42. The molecule has 7 nitrogen and oxygen atoms in total. The molecule has 7 atom stereocenters. The molecule has 0 spiro atoms. The Morgan fingerprint density at radius 1 is 1.08 bits per heavy atom. The second-order valence-corrected chi connectivity index (χ2v) is 6.98. The summed E-state index contributed by atoms with van der Waals surface area (Å²) >= 11 is 0. The first-order valence-corrected chi connectivity index (χ1v) is 8.17. The second-order valence-electron chi connectivity index (χ2n) is 6.98. The molecule has 2 aliphatic carbocycles. The van der Waals surface area contributed by atoms with Crippen LogP contribution in [0.1, 0.15) is 19.8 Å². The Labute approximate surface area is 138 Å². The van der Waals surface area contributed by atoms with Gasteiger partial charge in [0, 0.05) is 5.92 Å². The summed E-state index contributed by atoms with van der Waals surface area (Å²) < 4.78 is 15.1. The summed E-state index contributed by atoms with van der Waals surface area (Å²) in [6.45, 7) is 1.80. The third-order valence-electron chi connectivity index (χ3n) is 5.98. The summed E-state index contributed by atoms with van der Waals surface area (Å²) in [5.41, 5.74) is 0.950. The van der Waals surface area contributed by atoms with Crippen molar-refractivity contribution in [2.75, 3.05) is 7.11 Å². The van der Waals surface area contributed by atoms with Gasteiger partial charge in [0.1, 0.15) is 6.10 Å². The molecule has 0 amide bonds. The lowest BCUT2D eigenvalue weighted by atomic mass is 9.57. The van der Waals surface area contributed by atoms with E-state index in [9.17, 15) is 19.2 Å². The number of rotatable bonds is 1. The summed E-state index contributed by atoms with van der Waals surface area (Å²) in [5.74, 6) is -4.76. The molecule has 0 bridgehead atoms. The fourth-order valence-electron chi connectivity index (χ4n) is 5.01. The summed E-state index contributed by atoms with van der Waals surface area (Å²) in [5, 5.41) is 0. The van der Waals surface area contributed by atoms with Crippen LogP contribution in [0.15, 0.2) is 11.6 Å². The highest BCUT2D eigenvalue weighted by Crippen LogP contribution is 2.55. The topological polar surface area (TPSA) is 96.0 Å². The first-order valence-electron chi connectivity index (χ1n) is 8.17. The van der Waals surface area contributed by atoms with Gasteiger partial charge in [0.15, 0.2) is 0 Å². The van der Waals surface area contributed by atoms with Gasteiger partial charge in [-0.15, -0.1) is 0 Å². The Balaban J connectivity index is 1.78. The molecule has 0 aromatic heterocycles. The summed E-state index contributed by atoms with van der Waals surface area (Å²) in [4.78, 5) is 48.5. The molecule has 7 heteroatoms. The maximum atomic E-state index is 12.3. The Hall–Kier alpha value is -2.18. The fraction of sp³-hybridized carbons (Fsp3) is 0.647. The predicted octanol–water partition coefficient (Wildman–Crippen LogP) is 0.619. The van der Waals surface area contributed by atoms with Crippen LogP contribution in [-0.2, 0) is 33.4 Å². The van der Waals surface area contributed by atoms with E-state index in [0.717, 1.165) is 5.57 Å². The molecule has 0 unspecified atom stereocenters. The zero-order chi connectivity index (χ0) is 17.2. The zero-order valence-electron chi connectivity index (χ0n) is 13.4. The van der Waals surface area contributed by atoms with Crippen molar-refractivity contribution >= 4 is 23.9 Å². The van der Waals surface area contributed by atoms with Crippen LogP contribution in [0.4, 0.5) is 0 Å². The second kappa shape index (κ2) is 5.16. The van der Waals surface area contributed by atoms with E-state index >= 15 is 0 Å². The normalized spacial score (nSPS) is 43.2. The predicted molar refractivity (Wildman–Crippen MR) is 76.9 cm³/mol. The monoisotopic (exact) mass is 334 g/mol. The van der Waals surface area contributed by atoms with Gasteiger partial charge in [-0.2, -0.15) is 0 Å². The number of ether oxygens (including phenoxy) is 3. The zero-order valence-corrected chi connectivity index (χ0v) is 13.4. The number of allylic oxidation sites excluding steroid dienone is 1. The van der Waals surface area contributed by atoms with Gasteiger partial charge in [0.05, 0.1) is 30.8 Å². The van der Waals surface area contributed by atoms with E-state index in [4.69, 9.17) is 14.2 Å². The third-order valence-corrected chi connectivity index (χ3v) is 5.98. The number of esters is 4. The van der Waals surface area contributed by atoms with Crippen LogP contribution in [-0.4, -0.2) is 37.1 Å². The molecule has 4 aliphatic rings. The van der Waals surface area contributed by atoms with Crippen LogP contribution in [0.5, 0.6) is 0 Å². The minimum Gasteiger partial charge on any atom is -0.469 e. The standard InChI is InChI=1S/C17H18O7/c1-6-11-7-3-4-8-12(16(20)24-15(8)19)9(7)5-10(14(18)22-2)13(11)17(21)23-6/h3,6,8-13H,4-5H2,1-2H3/t6-,8+,9-,10-,11+,12+,13-/m0/s1.